The molecule has 9 heteroatoms. The lowest BCUT2D eigenvalue weighted by Crippen LogP contribution is -2.46. The summed E-state index contributed by atoms with van der Waals surface area (Å²) in [4.78, 5) is 12.0. The Hall–Kier alpha value is -0.739. The monoisotopic (exact) mass is 722 g/mol. The number of esters is 1. The summed E-state index contributed by atoms with van der Waals surface area (Å²) in [5.41, 5.74) is 0. The molecule has 0 amide bonds. The van der Waals surface area contributed by atoms with Crippen molar-refractivity contribution in [3.63, 3.8) is 0 Å². The maximum absolute atomic E-state index is 12.0. The smallest absolute Gasteiger partial charge is 0.308 e. The highest BCUT2D eigenvalue weighted by Crippen LogP contribution is 2.46. The van der Waals surface area contributed by atoms with Crippen LogP contribution in [0.15, 0.2) is 12.2 Å². The van der Waals surface area contributed by atoms with Crippen LogP contribution in [0.4, 0.5) is 0 Å². The van der Waals surface area contributed by atoms with E-state index in [1.54, 1.807) is 0 Å². The molecule has 0 spiro atoms. The Balaban J connectivity index is 2.56. The molecule has 0 aromatic rings. The summed E-state index contributed by atoms with van der Waals surface area (Å²) in [5, 5.41) is 12.0. The van der Waals surface area contributed by atoms with Gasteiger partial charge in [0.2, 0.25) is 0 Å². The van der Waals surface area contributed by atoms with Crippen molar-refractivity contribution < 1.29 is 27.9 Å². The van der Waals surface area contributed by atoms with Crippen molar-refractivity contribution in [2.24, 2.45) is 29.6 Å². The van der Waals surface area contributed by atoms with Gasteiger partial charge in [-0.2, -0.15) is 0 Å². The molecule has 0 radical (unpaired) electrons. The average molecular weight is 723 g/mol. The van der Waals surface area contributed by atoms with Crippen LogP contribution in [0.25, 0.3) is 0 Å². The number of ether oxygens (including phenoxy) is 1. The molecule has 2 saturated carbocycles. The zero-order valence-electron chi connectivity index (χ0n) is 33.8. The molecular weight excluding hydrogens is 649 g/mol. The standard InChI is InChI=1S/C39H74O6Si3/c1-17-18-20-28(2)25-30(43-47(13,14)38(3,4)5)23-24-31-35(45-48(15,16)39(6,7)8)27-33(40)36(31)34(44-46(10,11)12)22-19-21-29-26-32(29)37(41)42-9/h23-24,28-36,40H,17-18,20-21,25-27H2,1-16H3/b24-23+/t28-,29?,30+,31-,32?,33-,34?,35+,36+/m0/s1. The first-order chi connectivity index (χ1) is 21.8. The maximum Gasteiger partial charge on any atom is 0.308 e. The molecule has 9 atom stereocenters. The van der Waals surface area contributed by atoms with Crippen LogP contribution in [0, 0.1) is 41.4 Å². The quantitative estimate of drug-likeness (QED) is 0.0740. The van der Waals surface area contributed by atoms with Crippen molar-refractivity contribution in [3.8, 4) is 11.8 Å². The minimum absolute atomic E-state index is 0.00257. The van der Waals surface area contributed by atoms with Gasteiger partial charge in [0.25, 0.3) is 0 Å². The molecule has 0 bridgehead atoms. The zero-order chi connectivity index (χ0) is 36.9. The molecule has 2 aliphatic carbocycles. The molecule has 6 nitrogen and oxygen atoms in total. The van der Waals surface area contributed by atoms with Gasteiger partial charge in [-0.3, -0.25) is 4.79 Å². The van der Waals surface area contributed by atoms with E-state index in [1.165, 1.54) is 26.4 Å². The fourth-order valence-electron chi connectivity index (χ4n) is 6.22. The van der Waals surface area contributed by atoms with Crippen LogP contribution >= 0.6 is 0 Å². The second-order valence-electron chi connectivity index (χ2n) is 19.0. The van der Waals surface area contributed by atoms with Gasteiger partial charge in [0, 0.05) is 18.3 Å². The zero-order valence-corrected chi connectivity index (χ0v) is 36.8. The topological polar surface area (TPSA) is 74.2 Å². The van der Waals surface area contributed by atoms with E-state index in [0.717, 1.165) is 12.8 Å². The highest BCUT2D eigenvalue weighted by atomic mass is 28.4. The summed E-state index contributed by atoms with van der Waals surface area (Å²) in [7, 11) is -4.78. The second kappa shape index (κ2) is 17.2. The Bertz CT molecular complexity index is 1120. The van der Waals surface area contributed by atoms with Gasteiger partial charge < -0.3 is 23.1 Å². The molecule has 0 aromatic carbocycles. The number of aliphatic hydroxyl groups is 1. The second-order valence-corrected chi connectivity index (χ2v) is 32.9. The van der Waals surface area contributed by atoms with Crippen molar-refractivity contribution in [3.05, 3.63) is 12.2 Å². The van der Waals surface area contributed by atoms with Crippen LogP contribution in [0.1, 0.15) is 100 Å². The summed E-state index contributed by atoms with van der Waals surface area (Å²) in [6, 6.07) is 0. The number of rotatable bonds is 16. The largest absolute Gasteiger partial charge is 0.469 e. The predicted molar refractivity (Wildman–Crippen MR) is 208 cm³/mol. The van der Waals surface area contributed by atoms with E-state index in [9.17, 15) is 9.90 Å². The highest BCUT2D eigenvalue weighted by molar-refractivity contribution is 6.74. The van der Waals surface area contributed by atoms with Gasteiger partial charge >= 0.3 is 5.97 Å². The molecule has 1 N–H and O–H groups in total. The molecule has 2 fully saturated rings. The third-order valence-electron chi connectivity index (χ3n) is 11.4. The summed E-state index contributed by atoms with van der Waals surface area (Å²) >= 11 is 0. The molecule has 48 heavy (non-hydrogen) atoms. The molecule has 0 heterocycles. The van der Waals surface area contributed by atoms with Gasteiger partial charge in [-0.25, -0.2) is 0 Å². The maximum atomic E-state index is 12.0. The fraction of sp³-hybridized carbons (Fsp3) is 0.872. The van der Waals surface area contributed by atoms with Crippen LogP contribution in [0.2, 0.25) is 55.9 Å². The van der Waals surface area contributed by atoms with Crippen LogP contribution in [0.5, 0.6) is 0 Å². The van der Waals surface area contributed by atoms with E-state index in [2.05, 4.69) is 125 Å². The third kappa shape index (κ3) is 12.8. The molecule has 2 rings (SSSR count). The molecule has 278 valence electrons. The van der Waals surface area contributed by atoms with Gasteiger partial charge in [0.05, 0.1) is 31.3 Å². The molecule has 0 aliphatic heterocycles. The van der Waals surface area contributed by atoms with Gasteiger partial charge in [-0.05, 0) is 87.0 Å². The fourth-order valence-corrected chi connectivity index (χ4v) is 9.85. The number of carbonyl (C=O) groups excluding carboxylic acids is 1. The van der Waals surface area contributed by atoms with Crippen LogP contribution < -0.4 is 0 Å². The van der Waals surface area contributed by atoms with Crippen molar-refractivity contribution in [1.82, 2.24) is 0 Å². The SMILES string of the molecule is CCCC[C@H](C)C[C@@H](/C=C/[C@@H]1[C@@H](C(C#CCC2CC2C(=O)OC)O[Si](C)(C)C)[C@@H](O)C[C@H]1O[Si](C)(C)C(C)(C)C)O[Si](C)(C)C(C)(C)C. The van der Waals surface area contributed by atoms with E-state index in [1.807, 2.05) is 0 Å². The van der Waals surface area contributed by atoms with E-state index < -0.39 is 37.2 Å². The lowest BCUT2D eigenvalue weighted by atomic mass is 9.87. The minimum Gasteiger partial charge on any atom is -0.469 e. The molecular formula is C39H74O6Si3. The Morgan fingerprint density at radius 3 is 2.08 bits per heavy atom. The molecule has 0 aromatic heterocycles. The Labute approximate surface area is 299 Å². The first-order valence-electron chi connectivity index (χ1n) is 18.8. The minimum atomic E-state index is -2.15. The first kappa shape index (κ1) is 43.4. The Kier molecular flexibility index (Phi) is 15.5. The summed E-state index contributed by atoms with van der Waals surface area (Å²) in [6.07, 6.45) is 10.1. The van der Waals surface area contributed by atoms with E-state index in [-0.39, 0.29) is 51.9 Å². The summed E-state index contributed by atoms with van der Waals surface area (Å²) < 4.78 is 26.0. The molecule has 2 aliphatic rings. The molecule has 0 saturated heterocycles. The van der Waals surface area contributed by atoms with Crippen LogP contribution in [-0.2, 0) is 22.8 Å². The first-order valence-corrected chi connectivity index (χ1v) is 28.0. The number of methoxy groups -OCH3 is 1. The normalized spacial score (nSPS) is 27.4. The molecule has 3 unspecified atom stereocenters. The van der Waals surface area contributed by atoms with Crippen molar-refractivity contribution >= 4 is 30.9 Å². The third-order valence-corrected chi connectivity index (χ3v) is 21.4. The Morgan fingerprint density at radius 2 is 1.56 bits per heavy atom. The predicted octanol–water partition coefficient (Wildman–Crippen LogP) is 9.96. The number of carbonyl (C=O) groups is 1. The lowest BCUT2D eigenvalue weighted by molar-refractivity contribution is -0.142. The van der Waals surface area contributed by atoms with E-state index in [0.29, 0.717) is 18.8 Å². The van der Waals surface area contributed by atoms with E-state index >= 15 is 0 Å². The summed E-state index contributed by atoms with van der Waals surface area (Å²) in [6.45, 7) is 34.2. The van der Waals surface area contributed by atoms with Crippen molar-refractivity contribution in [1.29, 1.82) is 0 Å². The number of unbranched alkanes of at least 4 members (excludes halogenated alkanes) is 1. The average Bonchev–Trinajstić information content (AvgIpc) is 3.63. The lowest BCUT2D eigenvalue weighted by Gasteiger charge is -2.41. The van der Waals surface area contributed by atoms with E-state index in [4.69, 9.17) is 18.0 Å². The van der Waals surface area contributed by atoms with Gasteiger partial charge in [0.1, 0.15) is 6.10 Å². The van der Waals surface area contributed by atoms with Gasteiger partial charge in [-0.15, -0.1) is 5.92 Å². The van der Waals surface area contributed by atoms with Crippen LogP contribution in [0.3, 0.4) is 0 Å². The number of hydrogen-bond donors (Lipinski definition) is 1. The van der Waals surface area contributed by atoms with Crippen molar-refractivity contribution in [2.45, 2.75) is 181 Å². The number of hydrogen-bond acceptors (Lipinski definition) is 6. The van der Waals surface area contributed by atoms with Crippen molar-refractivity contribution in [2.75, 3.05) is 7.11 Å². The van der Waals surface area contributed by atoms with Gasteiger partial charge in [-0.1, -0.05) is 92.7 Å². The number of aliphatic hydroxyl groups excluding tert-OH is 1. The summed E-state index contributed by atoms with van der Waals surface area (Å²) in [5.74, 6) is 7.20. The van der Waals surface area contributed by atoms with Gasteiger partial charge in [0.15, 0.2) is 25.0 Å². The van der Waals surface area contributed by atoms with Crippen LogP contribution in [-0.4, -0.2) is 67.6 Å². The Morgan fingerprint density at radius 1 is 0.958 bits per heavy atom. The highest BCUT2D eigenvalue weighted by Gasteiger charge is 2.51.